The van der Waals surface area contributed by atoms with E-state index in [9.17, 15) is 4.79 Å². The number of hydrogen-bond donors (Lipinski definition) is 0. The Hall–Kier alpha value is -2.04. The molecule has 5 heteroatoms. The van der Waals surface area contributed by atoms with Crippen molar-refractivity contribution in [1.82, 2.24) is 10.1 Å². The summed E-state index contributed by atoms with van der Waals surface area (Å²) in [5.74, 6) is 2.53. The van der Waals surface area contributed by atoms with Crippen molar-refractivity contribution in [2.24, 2.45) is 11.8 Å². The van der Waals surface area contributed by atoms with E-state index in [1.807, 2.05) is 6.07 Å². The zero-order valence-corrected chi connectivity index (χ0v) is 16.4. The molecule has 0 bridgehead atoms. The number of hydrogen-bond acceptors (Lipinski definition) is 4. The zero-order valence-electron chi connectivity index (χ0n) is 16.4. The van der Waals surface area contributed by atoms with Crippen LogP contribution in [0.25, 0.3) is 11.5 Å². The summed E-state index contributed by atoms with van der Waals surface area (Å²) in [5.41, 5.74) is 0.401. The first-order chi connectivity index (χ1) is 13.1. The lowest BCUT2D eigenvalue weighted by Gasteiger charge is -2.44. The quantitative estimate of drug-likeness (QED) is 0.709. The first-order valence-electron chi connectivity index (χ1n) is 10.5. The summed E-state index contributed by atoms with van der Waals surface area (Å²) in [4.78, 5) is 15.7. The summed E-state index contributed by atoms with van der Waals surface area (Å²) >= 11 is 0. The van der Waals surface area contributed by atoms with Crippen LogP contribution in [0.3, 0.4) is 0 Å². The molecule has 2 aliphatic carbocycles. The first kappa shape index (κ1) is 18.3. The number of furan rings is 1. The molecular weight excluding hydrogens is 340 g/mol. The van der Waals surface area contributed by atoms with Gasteiger partial charge in [-0.3, -0.25) is 4.79 Å². The summed E-state index contributed by atoms with van der Waals surface area (Å²) < 4.78 is 10.8. The summed E-state index contributed by atoms with van der Waals surface area (Å²) in [6, 6.07) is 6.00. The van der Waals surface area contributed by atoms with E-state index in [0.29, 0.717) is 35.2 Å². The molecule has 4 rings (SSSR count). The van der Waals surface area contributed by atoms with Crippen LogP contribution >= 0.6 is 0 Å². The predicted octanol–water partition coefficient (Wildman–Crippen LogP) is 5.53. The minimum Gasteiger partial charge on any atom is -0.461 e. The van der Waals surface area contributed by atoms with Gasteiger partial charge in [0.25, 0.3) is 5.91 Å². The molecule has 2 aromatic heterocycles. The van der Waals surface area contributed by atoms with Crippen molar-refractivity contribution in [3.63, 3.8) is 0 Å². The highest BCUT2D eigenvalue weighted by Crippen LogP contribution is 2.36. The van der Waals surface area contributed by atoms with Crippen LogP contribution in [0.5, 0.6) is 0 Å². The minimum atomic E-state index is 0.0233. The Morgan fingerprint density at radius 3 is 2.56 bits per heavy atom. The lowest BCUT2D eigenvalue weighted by molar-refractivity contribution is 0.0349. The molecule has 0 spiro atoms. The molecule has 2 saturated carbocycles. The fraction of sp³-hybridized carbons (Fsp3) is 0.636. The summed E-state index contributed by atoms with van der Waals surface area (Å²) in [5, 5.41) is 4.09. The van der Waals surface area contributed by atoms with Crippen molar-refractivity contribution in [3.05, 3.63) is 30.2 Å². The van der Waals surface area contributed by atoms with Crippen molar-refractivity contribution in [1.29, 1.82) is 0 Å². The van der Waals surface area contributed by atoms with E-state index >= 15 is 0 Å². The highest BCUT2D eigenvalue weighted by molar-refractivity contribution is 5.93. The van der Waals surface area contributed by atoms with Crippen LogP contribution < -0.4 is 0 Å². The molecule has 3 atom stereocenters. The molecule has 0 radical (unpaired) electrons. The van der Waals surface area contributed by atoms with Gasteiger partial charge in [-0.2, -0.15) is 0 Å². The highest BCUT2D eigenvalue weighted by atomic mass is 16.5. The molecule has 5 nitrogen and oxygen atoms in total. The van der Waals surface area contributed by atoms with E-state index in [1.54, 1.807) is 18.4 Å². The van der Waals surface area contributed by atoms with E-state index in [-0.39, 0.29) is 5.91 Å². The molecule has 2 aliphatic rings. The van der Waals surface area contributed by atoms with Gasteiger partial charge in [0.05, 0.1) is 6.26 Å². The van der Waals surface area contributed by atoms with Gasteiger partial charge >= 0.3 is 0 Å². The third-order valence-corrected chi connectivity index (χ3v) is 6.66. The summed E-state index contributed by atoms with van der Waals surface area (Å²) in [6.45, 7) is 4.66. The summed E-state index contributed by atoms with van der Waals surface area (Å²) in [6.07, 6.45) is 10.9. The molecule has 1 amide bonds. The van der Waals surface area contributed by atoms with Gasteiger partial charge in [-0.1, -0.05) is 38.3 Å². The molecule has 146 valence electrons. The minimum absolute atomic E-state index is 0.0233. The van der Waals surface area contributed by atoms with Crippen LogP contribution in [-0.2, 0) is 0 Å². The third-order valence-electron chi connectivity index (χ3n) is 6.66. The highest BCUT2D eigenvalue weighted by Gasteiger charge is 2.37. The second kappa shape index (κ2) is 7.91. The zero-order chi connectivity index (χ0) is 18.8. The maximum Gasteiger partial charge on any atom is 0.276 e. The van der Waals surface area contributed by atoms with E-state index in [2.05, 4.69) is 23.9 Å². The standard InChI is InChI=1S/C22H30N2O3/c1-15-10-11-18(13-16(15)2)24(17-7-4-3-5-8-17)22(25)19-14-21(27-23-19)20-9-6-12-26-20/h6,9,12,14-18H,3-5,7-8,10-11,13H2,1-2H3/t15-,16-,18?/m0/s1. The molecule has 0 N–H and O–H groups in total. The average molecular weight is 370 g/mol. The van der Waals surface area contributed by atoms with E-state index < -0.39 is 0 Å². The van der Waals surface area contributed by atoms with Gasteiger partial charge in [0.1, 0.15) is 0 Å². The Morgan fingerprint density at radius 1 is 1.04 bits per heavy atom. The number of aromatic nitrogens is 1. The van der Waals surface area contributed by atoms with Gasteiger partial charge < -0.3 is 13.8 Å². The fourth-order valence-electron chi connectivity index (χ4n) is 4.80. The van der Waals surface area contributed by atoms with Crippen molar-refractivity contribution in [2.75, 3.05) is 0 Å². The largest absolute Gasteiger partial charge is 0.461 e. The van der Waals surface area contributed by atoms with Crippen molar-refractivity contribution in [3.8, 4) is 11.5 Å². The van der Waals surface area contributed by atoms with E-state index in [1.165, 1.54) is 25.7 Å². The Labute approximate surface area is 161 Å². The molecule has 2 heterocycles. The molecule has 27 heavy (non-hydrogen) atoms. The van der Waals surface area contributed by atoms with Crippen molar-refractivity contribution >= 4 is 5.91 Å². The van der Waals surface area contributed by atoms with Crippen molar-refractivity contribution in [2.45, 2.75) is 77.3 Å². The topological polar surface area (TPSA) is 59.5 Å². The monoisotopic (exact) mass is 370 g/mol. The Bertz CT molecular complexity index is 745. The van der Waals surface area contributed by atoms with E-state index in [4.69, 9.17) is 8.94 Å². The SMILES string of the molecule is C[C@H]1CCC(N(C(=O)c2cc(-c3ccco3)on2)C2CCCCC2)C[C@@H]1C. The van der Waals surface area contributed by atoms with Gasteiger partial charge in [0.2, 0.25) is 5.76 Å². The average Bonchev–Trinajstić information content (AvgIpc) is 3.37. The molecule has 0 aromatic carbocycles. The fourth-order valence-corrected chi connectivity index (χ4v) is 4.80. The normalized spacial score (nSPS) is 26.8. The Balaban J connectivity index is 1.58. The molecule has 2 aromatic rings. The summed E-state index contributed by atoms with van der Waals surface area (Å²) in [7, 11) is 0. The van der Waals surface area contributed by atoms with Crippen LogP contribution in [0.1, 0.15) is 75.7 Å². The van der Waals surface area contributed by atoms with Gasteiger partial charge in [-0.25, -0.2) is 0 Å². The first-order valence-corrected chi connectivity index (χ1v) is 10.5. The van der Waals surface area contributed by atoms with Crippen molar-refractivity contribution < 1.29 is 13.7 Å². The number of nitrogens with zero attached hydrogens (tertiary/aromatic N) is 2. The molecule has 2 fully saturated rings. The van der Waals surface area contributed by atoms with Gasteiger partial charge in [-0.05, 0) is 56.1 Å². The van der Waals surface area contributed by atoms with Crippen LogP contribution in [0.15, 0.2) is 33.4 Å². The molecule has 0 aliphatic heterocycles. The predicted molar refractivity (Wildman–Crippen MR) is 103 cm³/mol. The van der Waals surface area contributed by atoms with Gasteiger partial charge in [0, 0.05) is 18.2 Å². The third kappa shape index (κ3) is 3.83. The second-order valence-electron chi connectivity index (χ2n) is 8.48. The Morgan fingerprint density at radius 2 is 1.85 bits per heavy atom. The van der Waals surface area contributed by atoms with Crippen LogP contribution in [0, 0.1) is 11.8 Å². The Kier molecular flexibility index (Phi) is 5.37. The van der Waals surface area contributed by atoms with Crippen LogP contribution in [0.4, 0.5) is 0 Å². The van der Waals surface area contributed by atoms with Crippen LogP contribution in [0.2, 0.25) is 0 Å². The maximum atomic E-state index is 13.5. The van der Waals surface area contributed by atoms with Gasteiger partial charge in [0.15, 0.2) is 11.5 Å². The molecular formula is C22H30N2O3. The van der Waals surface area contributed by atoms with E-state index in [0.717, 1.165) is 31.6 Å². The molecule has 0 saturated heterocycles. The number of carbonyl (C=O) groups excluding carboxylic acids is 1. The second-order valence-corrected chi connectivity index (χ2v) is 8.48. The maximum absolute atomic E-state index is 13.5. The van der Waals surface area contributed by atoms with Crippen LogP contribution in [-0.4, -0.2) is 28.0 Å². The smallest absolute Gasteiger partial charge is 0.276 e. The number of amides is 1. The molecule has 1 unspecified atom stereocenters. The number of carbonyl (C=O) groups is 1. The van der Waals surface area contributed by atoms with Gasteiger partial charge in [-0.15, -0.1) is 0 Å². The number of rotatable bonds is 4. The lowest BCUT2D eigenvalue weighted by Crippen LogP contribution is -2.50. The lowest BCUT2D eigenvalue weighted by atomic mass is 9.77.